The molecule has 3 amide bonds. The summed E-state index contributed by atoms with van der Waals surface area (Å²) in [5, 5.41) is 13.2. The second-order valence-electron chi connectivity index (χ2n) is 8.02. The van der Waals surface area contributed by atoms with Crippen molar-refractivity contribution in [2.75, 3.05) is 0 Å². The van der Waals surface area contributed by atoms with Crippen LogP contribution in [0.2, 0.25) is 0 Å². The zero-order valence-electron chi connectivity index (χ0n) is 17.9. The van der Waals surface area contributed by atoms with Crippen molar-refractivity contribution in [2.24, 2.45) is 11.8 Å². The first kappa shape index (κ1) is 22.8. The number of non-ortho nitro benzene ring substituents is 1. The number of carbonyl (C=O) groups is 5. The molecule has 0 saturated carbocycles. The Morgan fingerprint density at radius 3 is 2.18 bits per heavy atom. The van der Waals surface area contributed by atoms with Crippen molar-refractivity contribution in [1.29, 1.82) is 0 Å². The van der Waals surface area contributed by atoms with Crippen LogP contribution in [0.1, 0.15) is 39.6 Å². The van der Waals surface area contributed by atoms with Crippen LogP contribution in [0.4, 0.5) is 5.69 Å². The van der Waals surface area contributed by atoms with E-state index < -0.39 is 58.8 Å². The quantitative estimate of drug-likeness (QED) is 0.154. The Labute approximate surface area is 192 Å². The molecule has 1 fully saturated rings. The monoisotopic (exact) mass is 465 g/mol. The van der Waals surface area contributed by atoms with E-state index >= 15 is 0 Å². The highest BCUT2D eigenvalue weighted by Crippen LogP contribution is 2.33. The minimum absolute atomic E-state index is 0.106. The SMILES string of the molecule is C[C@@H](C(=O)CC(=O)OCc1ccc([N+](=O)[O-])cc1)[C@H]1C(=O)N[C@@H]1N1C(=O)c2ccccc2C1=O. The Morgan fingerprint density at radius 1 is 1.06 bits per heavy atom. The van der Waals surface area contributed by atoms with Gasteiger partial charge in [-0.25, -0.2) is 0 Å². The van der Waals surface area contributed by atoms with Crippen LogP contribution in [0, 0.1) is 22.0 Å². The molecule has 2 heterocycles. The fraction of sp³-hybridized carbons (Fsp3) is 0.261. The number of imide groups is 1. The molecule has 2 aromatic rings. The molecule has 1 N–H and O–H groups in total. The van der Waals surface area contributed by atoms with Gasteiger partial charge in [-0.1, -0.05) is 19.1 Å². The first-order valence-corrected chi connectivity index (χ1v) is 10.4. The fourth-order valence-corrected chi connectivity index (χ4v) is 4.00. The van der Waals surface area contributed by atoms with E-state index in [0.717, 1.165) is 4.90 Å². The molecule has 11 nitrogen and oxygen atoms in total. The summed E-state index contributed by atoms with van der Waals surface area (Å²) in [4.78, 5) is 73.5. The van der Waals surface area contributed by atoms with Crippen molar-refractivity contribution >= 4 is 35.2 Å². The molecule has 1 saturated heterocycles. The number of nitrogens with one attached hydrogen (secondary N) is 1. The van der Waals surface area contributed by atoms with Crippen LogP contribution in [0.25, 0.3) is 0 Å². The minimum atomic E-state index is -0.991. The van der Waals surface area contributed by atoms with Crippen molar-refractivity contribution in [3.8, 4) is 0 Å². The number of nitrogens with zero attached hydrogens (tertiary/aromatic N) is 2. The van der Waals surface area contributed by atoms with E-state index in [1.807, 2.05) is 0 Å². The number of nitro groups is 1. The number of amides is 3. The average molecular weight is 465 g/mol. The van der Waals surface area contributed by atoms with Crippen molar-refractivity contribution in [1.82, 2.24) is 10.2 Å². The average Bonchev–Trinajstić information content (AvgIpc) is 3.06. The van der Waals surface area contributed by atoms with Crippen molar-refractivity contribution in [3.05, 3.63) is 75.3 Å². The number of rotatable bonds is 8. The highest BCUT2D eigenvalue weighted by atomic mass is 16.6. The number of hydrogen-bond acceptors (Lipinski definition) is 8. The van der Waals surface area contributed by atoms with Crippen LogP contribution in [0.15, 0.2) is 48.5 Å². The molecular formula is C23H19N3O8. The van der Waals surface area contributed by atoms with Gasteiger partial charge in [0.1, 0.15) is 25.0 Å². The Morgan fingerprint density at radius 2 is 1.65 bits per heavy atom. The normalized spacial score (nSPS) is 19.7. The maximum absolute atomic E-state index is 12.7. The second-order valence-corrected chi connectivity index (χ2v) is 8.02. The second kappa shape index (κ2) is 8.85. The fourth-order valence-electron chi connectivity index (χ4n) is 4.00. The largest absolute Gasteiger partial charge is 0.460 e. The third-order valence-electron chi connectivity index (χ3n) is 5.95. The predicted octanol–water partition coefficient (Wildman–Crippen LogP) is 1.60. The summed E-state index contributed by atoms with van der Waals surface area (Å²) in [5.41, 5.74) is 0.844. The van der Waals surface area contributed by atoms with E-state index in [-0.39, 0.29) is 23.4 Å². The number of β-lactam (4-membered cyclic amide) rings is 1. The number of carbonyl (C=O) groups excluding carboxylic acids is 5. The molecule has 0 aliphatic carbocycles. The molecule has 0 radical (unpaired) electrons. The van der Waals surface area contributed by atoms with Gasteiger partial charge in [-0.2, -0.15) is 0 Å². The van der Waals surface area contributed by atoms with E-state index in [2.05, 4.69) is 5.32 Å². The predicted molar refractivity (Wildman–Crippen MR) is 114 cm³/mol. The van der Waals surface area contributed by atoms with Crippen molar-refractivity contribution in [2.45, 2.75) is 26.1 Å². The van der Waals surface area contributed by atoms with Gasteiger partial charge in [0.2, 0.25) is 5.91 Å². The highest BCUT2D eigenvalue weighted by Gasteiger charge is 2.53. The standard InChI is InChI=1S/C23H19N3O8/c1-12(17(27)10-18(28)34-11-13-6-8-14(9-7-13)26(32)33)19-20(24-21(19)29)25-22(30)15-4-2-3-5-16(15)23(25)31/h2-9,12,19-20H,10-11H2,1H3,(H,24,29)/t12-,19+,20+/m0/s1. The lowest BCUT2D eigenvalue weighted by Gasteiger charge is -2.43. The Kier molecular flexibility index (Phi) is 5.93. The number of benzene rings is 2. The third-order valence-corrected chi connectivity index (χ3v) is 5.95. The maximum atomic E-state index is 12.7. The molecule has 4 rings (SSSR count). The molecule has 0 bridgehead atoms. The molecule has 174 valence electrons. The lowest BCUT2D eigenvalue weighted by Crippen LogP contribution is -2.69. The van der Waals surface area contributed by atoms with Gasteiger partial charge in [-0.05, 0) is 29.8 Å². The first-order valence-electron chi connectivity index (χ1n) is 10.4. The molecule has 0 unspecified atom stereocenters. The van der Waals surface area contributed by atoms with Crippen LogP contribution in [0.3, 0.4) is 0 Å². The van der Waals surface area contributed by atoms with Gasteiger partial charge in [0.25, 0.3) is 17.5 Å². The zero-order chi connectivity index (χ0) is 24.6. The van der Waals surface area contributed by atoms with E-state index in [4.69, 9.17) is 4.74 Å². The van der Waals surface area contributed by atoms with Crippen LogP contribution < -0.4 is 5.32 Å². The number of fused-ring (bicyclic) bond motifs is 1. The van der Waals surface area contributed by atoms with Gasteiger partial charge in [-0.15, -0.1) is 0 Å². The van der Waals surface area contributed by atoms with Crippen LogP contribution in [0.5, 0.6) is 0 Å². The summed E-state index contributed by atoms with van der Waals surface area (Å²) in [5.74, 6) is -4.95. The lowest BCUT2D eigenvalue weighted by atomic mass is 9.80. The zero-order valence-corrected chi connectivity index (χ0v) is 17.9. The molecule has 34 heavy (non-hydrogen) atoms. The summed E-state index contributed by atoms with van der Waals surface area (Å²) >= 11 is 0. The van der Waals surface area contributed by atoms with E-state index in [0.29, 0.717) is 5.56 Å². The van der Waals surface area contributed by atoms with Crippen LogP contribution in [-0.4, -0.2) is 45.5 Å². The number of nitro benzene ring substituents is 1. The smallest absolute Gasteiger partial charge is 0.313 e. The van der Waals surface area contributed by atoms with Crippen LogP contribution >= 0.6 is 0 Å². The molecular weight excluding hydrogens is 446 g/mol. The van der Waals surface area contributed by atoms with Gasteiger partial charge < -0.3 is 10.1 Å². The van der Waals surface area contributed by atoms with E-state index in [1.54, 1.807) is 12.1 Å². The topological polar surface area (TPSA) is 153 Å². The van der Waals surface area contributed by atoms with Gasteiger partial charge in [0.05, 0.1) is 22.0 Å². The summed E-state index contributed by atoms with van der Waals surface area (Å²) in [6, 6.07) is 11.7. The molecule has 11 heteroatoms. The van der Waals surface area contributed by atoms with Gasteiger partial charge in [0, 0.05) is 18.1 Å². The molecule has 0 aromatic heterocycles. The number of esters is 1. The van der Waals surface area contributed by atoms with Gasteiger partial charge in [0.15, 0.2) is 0 Å². The van der Waals surface area contributed by atoms with E-state index in [9.17, 15) is 34.1 Å². The van der Waals surface area contributed by atoms with Crippen molar-refractivity contribution < 1.29 is 33.6 Å². The summed E-state index contributed by atoms with van der Waals surface area (Å²) in [7, 11) is 0. The third kappa shape index (κ3) is 4.03. The number of ether oxygens (including phenoxy) is 1. The first-order chi connectivity index (χ1) is 16.2. The molecule has 0 spiro atoms. The number of Topliss-reactive ketones (excluding diaryl/α,β-unsaturated/α-hetero) is 1. The maximum Gasteiger partial charge on any atom is 0.313 e. The summed E-state index contributed by atoms with van der Waals surface area (Å²) in [6.45, 7) is 1.28. The number of hydrogen-bond donors (Lipinski definition) is 1. The van der Waals surface area contributed by atoms with Crippen LogP contribution in [-0.2, 0) is 25.7 Å². The summed E-state index contributed by atoms with van der Waals surface area (Å²) < 4.78 is 5.06. The Hall–Kier alpha value is -4.41. The van der Waals surface area contributed by atoms with Crippen molar-refractivity contribution in [3.63, 3.8) is 0 Å². The van der Waals surface area contributed by atoms with E-state index in [1.165, 1.54) is 43.3 Å². The Balaban J connectivity index is 1.36. The molecule has 2 aliphatic rings. The molecule has 2 aliphatic heterocycles. The highest BCUT2D eigenvalue weighted by molar-refractivity contribution is 6.22. The van der Waals surface area contributed by atoms with Gasteiger partial charge >= 0.3 is 5.97 Å². The molecule has 3 atom stereocenters. The molecule has 2 aromatic carbocycles. The van der Waals surface area contributed by atoms with Gasteiger partial charge in [-0.3, -0.25) is 39.0 Å². The summed E-state index contributed by atoms with van der Waals surface area (Å²) in [6.07, 6.45) is -1.60. The number of ketones is 1. The lowest BCUT2D eigenvalue weighted by molar-refractivity contribution is -0.384. The Bertz CT molecular complexity index is 1190. The minimum Gasteiger partial charge on any atom is -0.460 e.